The number of aromatic nitrogens is 1. The molecule has 4 heteroatoms. The summed E-state index contributed by atoms with van der Waals surface area (Å²) >= 11 is 1.82. The van der Waals surface area contributed by atoms with Crippen LogP contribution in [0.25, 0.3) is 0 Å². The lowest BCUT2D eigenvalue weighted by Gasteiger charge is -2.14. The Morgan fingerprint density at radius 2 is 2.25 bits per heavy atom. The number of thiazole rings is 1. The Morgan fingerprint density at radius 3 is 2.81 bits per heavy atom. The van der Waals surface area contributed by atoms with Gasteiger partial charge in [-0.1, -0.05) is 6.92 Å². The van der Waals surface area contributed by atoms with E-state index in [9.17, 15) is 0 Å². The summed E-state index contributed by atoms with van der Waals surface area (Å²) in [5.41, 5.74) is 1.17. The Labute approximate surface area is 102 Å². The Hall–Kier alpha value is -0.610. The predicted octanol–water partition coefficient (Wildman–Crippen LogP) is 2.26. The lowest BCUT2D eigenvalue weighted by atomic mass is 10.3. The van der Waals surface area contributed by atoms with Gasteiger partial charge in [-0.3, -0.25) is 0 Å². The third-order valence-electron chi connectivity index (χ3n) is 3.33. The van der Waals surface area contributed by atoms with Gasteiger partial charge in [0.2, 0.25) is 0 Å². The van der Waals surface area contributed by atoms with E-state index in [0.717, 1.165) is 24.9 Å². The third kappa shape index (κ3) is 2.55. The van der Waals surface area contributed by atoms with Crippen LogP contribution in [0.3, 0.4) is 0 Å². The van der Waals surface area contributed by atoms with E-state index in [1.807, 2.05) is 18.4 Å². The quantitative estimate of drug-likeness (QED) is 0.854. The first-order valence-corrected chi connectivity index (χ1v) is 6.75. The molecule has 1 N–H and O–H groups in total. The highest BCUT2D eigenvalue weighted by Crippen LogP contribution is 2.39. The van der Waals surface area contributed by atoms with Crippen LogP contribution in [0.2, 0.25) is 0 Å². The molecule has 0 amide bonds. The molecule has 0 aromatic carbocycles. The summed E-state index contributed by atoms with van der Waals surface area (Å²) in [6.45, 7) is 6.52. The summed E-state index contributed by atoms with van der Waals surface area (Å²) < 4.78 is 0. The fourth-order valence-electron chi connectivity index (χ4n) is 1.98. The minimum absolute atomic E-state index is 0.891. The minimum Gasteiger partial charge on any atom is -0.351 e. The molecule has 1 fully saturated rings. The van der Waals surface area contributed by atoms with Gasteiger partial charge in [0.25, 0.3) is 0 Å². The van der Waals surface area contributed by atoms with Crippen molar-refractivity contribution in [3.63, 3.8) is 0 Å². The van der Waals surface area contributed by atoms with E-state index in [1.54, 1.807) is 0 Å². The van der Waals surface area contributed by atoms with Crippen molar-refractivity contribution in [1.82, 2.24) is 10.3 Å². The summed E-state index contributed by atoms with van der Waals surface area (Å²) in [6, 6.07) is 0. The fourth-order valence-corrected chi connectivity index (χ4v) is 3.03. The fraction of sp³-hybridized carbons (Fsp3) is 0.750. The summed E-state index contributed by atoms with van der Waals surface area (Å²) in [5, 5.41) is 4.36. The molecule has 1 aromatic rings. The molecule has 2 rings (SSSR count). The van der Waals surface area contributed by atoms with Crippen molar-refractivity contribution < 1.29 is 0 Å². The molecule has 1 aliphatic carbocycles. The van der Waals surface area contributed by atoms with E-state index in [1.165, 1.54) is 22.1 Å². The van der Waals surface area contributed by atoms with Crippen LogP contribution in [0, 0.1) is 18.8 Å². The van der Waals surface area contributed by atoms with Crippen molar-refractivity contribution in [1.29, 1.82) is 0 Å². The van der Waals surface area contributed by atoms with Crippen LogP contribution in [-0.4, -0.2) is 25.6 Å². The molecule has 1 aliphatic rings. The van der Waals surface area contributed by atoms with Crippen LogP contribution >= 0.6 is 11.3 Å². The van der Waals surface area contributed by atoms with Crippen molar-refractivity contribution >= 4 is 16.5 Å². The highest BCUT2D eigenvalue weighted by molar-refractivity contribution is 7.15. The number of nitrogens with zero attached hydrogens (tertiary/aromatic N) is 2. The number of aryl methyl sites for hydroxylation is 1. The maximum absolute atomic E-state index is 4.64. The Balaban J connectivity index is 1.99. The smallest absolute Gasteiger partial charge is 0.185 e. The number of hydrogen-bond donors (Lipinski definition) is 1. The van der Waals surface area contributed by atoms with Crippen LogP contribution in [-0.2, 0) is 6.54 Å². The maximum Gasteiger partial charge on any atom is 0.185 e. The predicted molar refractivity (Wildman–Crippen MR) is 70.2 cm³/mol. The zero-order chi connectivity index (χ0) is 11.7. The highest BCUT2D eigenvalue weighted by atomic mass is 32.1. The minimum atomic E-state index is 0.891. The second kappa shape index (κ2) is 4.72. The Bertz CT molecular complexity index is 361. The first-order chi connectivity index (χ1) is 7.61. The molecule has 3 nitrogen and oxygen atoms in total. The molecule has 0 saturated heterocycles. The van der Waals surface area contributed by atoms with Crippen molar-refractivity contribution in [2.75, 3.05) is 25.5 Å². The highest BCUT2D eigenvalue weighted by Gasteiger charge is 2.33. The van der Waals surface area contributed by atoms with Gasteiger partial charge in [-0.2, -0.15) is 0 Å². The van der Waals surface area contributed by atoms with E-state index in [4.69, 9.17) is 0 Å². The summed E-state index contributed by atoms with van der Waals surface area (Å²) in [5.74, 6) is 1.81. The van der Waals surface area contributed by atoms with Crippen molar-refractivity contribution in [3.8, 4) is 0 Å². The molecule has 2 atom stereocenters. The van der Waals surface area contributed by atoms with Crippen LogP contribution in [0.4, 0.5) is 5.13 Å². The van der Waals surface area contributed by atoms with Crippen LogP contribution in [0.5, 0.6) is 0 Å². The normalized spacial score (nSPS) is 23.5. The monoisotopic (exact) mass is 239 g/mol. The number of rotatable bonds is 5. The van der Waals surface area contributed by atoms with Gasteiger partial charge in [0, 0.05) is 25.0 Å². The molecule has 16 heavy (non-hydrogen) atoms. The van der Waals surface area contributed by atoms with E-state index in [0.29, 0.717) is 0 Å². The number of anilines is 1. The molecule has 2 unspecified atom stereocenters. The first kappa shape index (κ1) is 11.9. The van der Waals surface area contributed by atoms with Gasteiger partial charge in [0.15, 0.2) is 5.13 Å². The zero-order valence-electron chi connectivity index (χ0n) is 10.6. The first-order valence-electron chi connectivity index (χ1n) is 5.94. The SMILES string of the molecule is CNCc1sc(N(C)CC2CC2C)nc1C. The maximum atomic E-state index is 4.64. The zero-order valence-corrected chi connectivity index (χ0v) is 11.4. The standard InChI is InChI=1S/C12H21N3S/c1-8-5-10(8)7-15(4)12-14-9(2)11(16-12)6-13-3/h8,10,13H,5-7H2,1-4H3. The number of nitrogens with one attached hydrogen (secondary N) is 1. The van der Waals surface area contributed by atoms with Gasteiger partial charge >= 0.3 is 0 Å². The molecule has 90 valence electrons. The van der Waals surface area contributed by atoms with Crippen molar-refractivity contribution in [2.45, 2.75) is 26.8 Å². The lowest BCUT2D eigenvalue weighted by molar-refractivity contribution is 0.723. The van der Waals surface area contributed by atoms with E-state index >= 15 is 0 Å². The van der Waals surface area contributed by atoms with E-state index < -0.39 is 0 Å². The molecule has 0 bridgehead atoms. The third-order valence-corrected chi connectivity index (χ3v) is 4.60. The molecule has 0 aliphatic heterocycles. The van der Waals surface area contributed by atoms with Crippen LogP contribution in [0.15, 0.2) is 0 Å². The lowest BCUT2D eigenvalue weighted by Crippen LogP contribution is -2.20. The van der Waals surface area contributed by atoms with Gasteiger partial charge in [-0.25, -0.2) is 4.98 Å². The molecular weight excluding hydrogens is 218 g/mol. The van der Waals surface area contributed by atoms with E-state index in [2.05, 4.69) is 36.1 Å². The van der Waals surface area contributed by atoms with E-state index in [-0.39, 0.29) is 0 Å². The Kier molecular flexibility index (Phi) is 3.50. The molecule has 1 saturated carbocycles. The number of hydrogen-bond acceptors (Lipinski definition) is 4. The molecule has 0 radical (unpaired) electrons. The second-order valence-electron chi connectivity index (χ2n) is 4.89. The van der Waals surface area contributed by atoms with Crippen molar-refractivity contribution in [3.05, 3.63) is 10.6 Å². The van der Waals surface area contributed by atoms with Gasteiger partial charge in [0.1, 0.15) is 0 Å². The van der Waals surface area contributed by atoms with Gasteiger partial charge in [-0.05, 0) is 32.2 Å². The molecule has 1 heterocycles. The van der Waals surface area contributed by atoms with Crippen molar-refractivity contribution in [2.24, 2.45) is 11.8 Å². The van der Waals surface area contributed by atoms with Crippen LogP contribution < -0.4 is 10.2 Å². The Morgan fingerprint density at radius 1 is 1.56 bits per heavy atom. The summed E-state index contributed by atoms with van der Waals surface area (Å²) in [7, 11) is 4.14. The molecule has 1 aromatic heterocycles. The molecular formula is C12H21N3S. The average Bonchev–Trinajstić information content (AvgIpc) is 2.78. The second-order valence-corrected chi connectivity index (χ2v) is 5.95. The topological polar surface area (TPSA) is 28.2 Å². The van der Waals surface area contributed by atoms with Gasteiger partial charge < -0.3 is 10.2 Å². The summed E-state index contributed by atoms with van der Waals surface area (Å²) in [4.78, 5) is 8.30. The summed E-state index contributed by atoms with van der Waals surface area (Å²) in [6.07, 6.45) is 1.39. The largest absolute Gasteiger partial charge is 0.351 e. The van der Waals surface area contributed by atoms with Gasteiger partial charge in [-0.15, -0.1) is 11.3 Å². The average molecular weight is 239 g/mol. The van der Waals surface area contributed by atoms with Gasteiger partial charge in [0.05, 0.1) is 5.69 Å². The van der Waals surface area contributed by atoms with Crippen LogP contribution in [0.1, 0.15) is 23.9 Å². The molecule has 0 spiro atoms.